The predicted molar refractivity (Wildman–Crippen MR) is 58.1 cm³/mol. The number of alkyl halides is 3. The van der Waals surface area contributed by atoms with Gasteiger partial charge in [0.1, 0.15) is 5.82 Å². The summed E-state index contributed by atoms with van der Waals surface area (Å²) in [5.74, 6) is -1.61. The van der Waals surface area contributed by atoms with Gasteiger partial charge in [0.05, 0.1) is 11.3 Å². The Morgan fingerprint density at radius 2 is 2.05 bits per heavy atom. The van der Waals surface area contributed by atoms with Crippen LogP contribution in [0.4, 0.5) is 13.2 Å². The second-order valence-corrected chi connectivity index (χ2v) is 3.75. The highest BCUT2D eigenvalue weighted by Gasteiger charge is 2.30. The molecule has 19 heavy (non-hydrogen) atoms. The minimum absolute atomic E-state index is 0.104. The topological polar surface area (TPSA) is 68.0 Å². The summed E-state index contributed by atoms with van der Waals surface area (Å²) in [5, 5.41) is 12.4. The lowest BCUT2D eigenvalue weighted by molar-refractivity contribution is -0.137. The van der Waals surface area contributed by atoms with E-state index in [4.69, 9.17) is 5.11 Å². The van der Waals surface area contributed by atoms with Crippen molar-refractivity contribution in [3.05, 3.63) is 41.5 Å². The molecule has 0 aliphatic rings. The number of hydrogen-bond donors (Lipinski definition) is 1. The molecule has 2 aromatic rings. The number of benzene rings is 1. The highest BCUT2D eigenvalue weighted by atomic mass is 19.4. The zero-order valence-electron chi connectivity index (χ0n) is 9.64. The lowest BCUT2D eigenvalue weighted by atomic mass is 10.2. The monoisotopic (exact) mass is 271 g/mol. The number of nitrogens with zero attached hydrogens (tertiary/aromatic N) is 3. The van der Waals surface area contributed by atoms with Crippen LogP contribution in [0.3, 0.4) is 0 Å². The van der Waals surface area contributed by atoms with E-state index < -0.39 is 23.5 Å². The molecule has 0 radical (unpaired) electrons. The van der Waals surface area contributed by atoms with Gasteiger partial charge in [0.15, 0.2) is 0 Å². The summed E-state index contributed by atoms with van der Waals surface area (Å²) in [6.07, 6.45) is -4.47. The minimum Gasteiger partial charge on any atom is -0.475 e. The number of aromatic nitrogens is 3. The van der Waals surface area contributed by atoms with E-state index in [9.17, 15) is 18.0 Å². The van der Waals surface area contributed by atoms with Crippen LogP contribution >= 0.6 is 0 Å². The molecule has 2 rings (SSSR count). The molecular weight excluding hydrogens is 263 g/mol. The van der Waals surface area contributed by atoms with Gasteiger partial charge in [0, 0.05) is 0 Å². The zero-order chi connectivity index (χ0) is 14.2. The van der Waals surface area contributed by atoms with Gasteiger partial charge < -0.3 is 5.11 Å². The Labute approximate surface area is 105 Å². The number of carbonyl (C=O) groups is 1. The molecule has 0 atom stereocenters. The summed E-state index contributed by atoms with van der Waals surface area (Å²) in [6, 6.07) is 4.42. The predicted octanol–water partition coefficient (Wildman–Crippen LogP) is 2.29. The van der Waals surface area contributed by atoms with Crippen molar-refractivity contribution >= 4 is 5.97 Å². The number of hydrogen-bond acceptors (Lipinski definition) is 3. The fourth-order valence-electron chi connectivity index (χ4n) is 1.54. The molecule has 1 aromatic carbocycles. The summed E-state index contributed by atoms with van der Waals surface area (Å²) in [6.45, 7) is 1.46. The van der Waals surface area contributed by atoms with E-state index in [1.165, 1.54) is 19.1 Å². The van der Waals surface area contributed by atoms with Gasteiger partial charge in [-0.25, -0.2) is 14.5 Å². The SMILES string of the molecule is Cc1nc(C(=O)O)nn1-c1cccc(C(F)(F)F)c1. The Morgan fingerprint density at radius 1 is 1.37 bits per heavy atom. The van der Waals surface area contributed by atoms with E-state index >= 15 is 0 Å². The Hall–Kier alpha value is -2.38. The first-order chi connectivity index (χ1) is 8.79. The fraction of sp³-hybridized carbons (Fsp3) is 0.182. The summed E-state index contributed by atoms with van der Waals surface area (Å²) in [4.78, 5) is 14.4. The Morgan fingerprint density at radius 3 is 2.58 bits per heavy atom. The normalized spacial score (nSPS) is 11.6. The largest absolute Gasteiger partial charge is 0.475 e. The van der Waals surface area contributed by atoms with E-state index in [0.717, 1.165) is 16.8 Å². The van der Waals surface area contributed by atoms with Crippen LogP contribution in [0, 0.1) is 6.92 Å². The van der Waals surface area contributed by atoms with Gasteiger partial charge in [-0.3, -0.25) is 0 Å². The van der Waals surface area contributed by atoms with Crippen molar-refractivity contribution in [2.75, 3.05) is 0 Å². The Bertz CT molecular complexity index is 634. The molecule has 0 spiro atoms. The van der Waals surface area contributed by atoms with Gasteiger partial charge in [-0.05, 0) is 25.1 Å². The van der Waals surface area contributed by atoms with Crippen molar-refractivity contribution in [1.82, 2.24) is 14.8 Å². The lowest BCUT2D eigenvalue weighted by Gasteiger charge is -2.09. The molecular formula is C11H8F3N3O2. The molecule has 0 saturated heterocycles. The van der Waals surface area contributed by atoms with Crippen LogP contribution in [-0.2, 0) is 6.18 Å². The third kappa shape index (κ3) is 2.56. The van der Waals surface area contributed by atoms with E-state index in [0.29, 0.717) is 0 Å². The molecule has 0 aliphatic heterocycles. The smallest absolute Gasteiger partial charge is 0.416 e. The lowest BCUT2D eigenvalue weighted by Crippen LogP contribution is -2.07. The quantitative estimate of drug-likeness (QED) is 0.909. The third-order valence-corrected chi connectivity index (χ3v) is 2.38. The molecule has 0 aliphatic carbocycles. The van der Waals surface area contributed by atoms with Crippen LogP contribution in [0.15, 0.2) is 24.3 Å². The molecule has 1 aromatic heterocycles. The van der Waals surface area contributed by atoms with Crippen molar-refractivity contribution in [2.24, 2.45) is 0 Å². The van der Waals surface area contributed by atoms with E-state index in [1.54, 1.807) is 0 Å². The number of rotatable bonds is 2. The van der Waals surface area contributed by atoms with Crippen LogP contribution < -0.4 is 0 Å². The van der Waals surface area contributed by atoms with Gasteiger partial charge in [-0.15, -0.1) is 5.10 Å². The van der Waals surface area contributed by atoms with Crippen LogP contribution in [0.25, 0.3) is 5.69 Å². The zero-order valence-corrected chi connectivity index (χ0v) is 9.64. The number of carboxylic acid groups (broad SMARTS) is 1. The van der Waals surface area contributed by atoms with E-state index in [-0.39, 0.29) is 11.5 Å². The van der Waals surface area contributed by atoms with Crippen LogP contribution in [0.2, 0.25) is 0 Å². The van der Waals surface area contributed by atoms with Gasteiger partial charge in [0.25, 0.3) is 5.82 Å². The van der Waals surface area contributed by atoms with Crippen molar-refractivity contribution < 1.29 is 23.1 Å². The molecule has 0 amide bonds. The number of aromatic carboxylic acids is 1. The maximum atomic E-state index is 12.6. The second-order valence-electron chi connectivity index (χ2n) is 3.75. The van der Waals surface area contributed by atoms with Crippen LogP contribution in [0.1, 0.15) is 22.0 Å². The molecule has 5 nitrogen and oxygen atoms in total. The van der Waals surface area contributed by atoms with Crippen LogP contribution in [0.5, 0.6) is 0 Å². The highest BCUT2D eigenvalue weighted by Crippen LogP contribution is 2.30. The first kappa shape index (κ1) is 13.1. The Kier molecular flexibility index (Phi) is 3.01. The van der Waals surface area contributed by atoms with Crippen molar-refractivity contribution in [2.45, 2.75) is 13.1 Å². The average Bonchev–Trinajstić information content (AvgIpc) is 2.71. The number of aryl methyl sites for hydroxylation is 1. The van der Waals surface area contributed by atoms with Gasteiger partial charge >= 0.3 is 12.1 Å². The van der Waals surface area contributed by atoms with Gasteiger partial charge in [-0.2, -0.15) is 13.2 Å². The average molecular weight is 271 g/mol. The first-order valence-electron chi connectivity index (χ1n) is 5.13. The minimum atomic E-state index is -4.47. The molecule has 8 heteroatoms. The molecule has 0 bridgehead atoms. The standard InChI is InChI=1S/C11H8F3N3O2/c1-6-15-9(10(18)19)16-17(6)8-4-2-3-7(5-8)11(12,13)14/h2-5H,1H3,(H,18,19). The molecule has 1 N–H and O–H groups in total. The second kappa shape index (κ2) is 4.38. The fourth-order valence-corrected chi connectivity index (χ4v) is 1.54. The molecule has 100 valence electrons. The maximum Gasteiger partial charge on any atom is 0.416 e. The van der Waals surface area contributed by atoms with Crippen molar-refractivity contribution in [3.8, 4) is 5.69 Å². The van der Waals surface area contributed by atoms with Crippen molar-refractivity contribution in [1.29, 1.82) is 0 Å². The molecule has 0 saturated carbocycles. The van der Waals surface area contributed by atoms with Gasteiger partial charge in [-0.1, -0.05) is 6.07 Å². The molecule has 0 unspecified atom stereocenters. The summed E-state index contributed by atoms with van der Waals surface area (Å²) < 4.78 is 38.8. The number of carboxylic acids is 1. The van der Waals surface area contributed by atoms with Crippen LogP contribution in [-0.4, -0.2) is 25.8 Å². The van der Waals surface area contributed by atoms with Crippen molar-refractivity contribution in [3.63, 3.8) is 0 Å². The molecule has 0 fully saturated rings. The molecule has 1 heterocycles. The summed E-state index contributed by atoms with van der Waals surface area (Å²) >= 11 is 0. The van der Waals surface area contributed by atoms with Gasteiger partial charge in [0.2, 0.25) is 0 Å². The Balaban J connectivity index is 2.50. The van der Waals surface area contributed by atoms with E-state index in [1.807, 2.05) is 0 Å². The summed E-state index contributed by atoms with van der Waals surface area (Å²) in [7, 11) is 0. The maximum absolute atomic E-state index is 12.6. The first-order valence-corrected chi connectivity index (χ1v) is 5.13. The van der Waals surface area contributed by atoms with E-state index in [2.05, 4.69) is 10.1 Å². The third-order valence-electron chi connectivity index (χ3n) is 2.38. The summed E-state index contributed by atoms with van der Waals surface area (Å²) in [5.41, 5.74) is -0.732. The highest BCUT2D eigenvalue weighted by molar-refractivity contribution is 5.83. The number of halogens is 3.